The number of aryl methyl sites for hydroxylation is 1. The number of alkyl halides is 1. The summed E-state index contributed by atoms with van der Waals surface area (Å²) in [4.78, 5) is 2.86. The normalized spacial score (nSPS) is 28.1. The number of hydrogen-bond acceptors (Lipinski definition) is 4. The van der Waals surface area contributed by atoms with Crippen molar-refractivity contribution in [2.45, 2.75) is 18.2 Å². The van der Waals surface area contributed by atoms with Gasteiger partial charge in [-0.2, -0.15) is 0 Å². The van der Waals surface area contributed by atoms with E-state index >= 15 is 0 Å². The van der Waals surface area contributed by atoms with E-state index in [2.05, 4.69) is 43.3 Å². The zero-order valence-electron chi connectivity index (χ0n) is 8.39. The lowest BCUT2D eigenvalue weighted by Gasteiger charge is -2.34. The average Bonchev–Trinajstić information content (AvgIpc) is 2.57. The molecular formula is C8H14BrN5. The van der Waals surface area contributed by atoms with Gasteiger partial charge in [-0.25, -0.2) is 4.68 Å². The molecule has 1 aliphatic rings. The minimum atomic E-state index is 0.625. The summed E-state index contributed by atoms with van der Waals surface area (Å²) in [5, 5.41) is 11.5. The second-order valence-electron chi connectivity index (χ2n) is 3.83. The van der Waals surface area contributed by atoms with Crippen LogP contribution in [0.2, 0.25) is 0 Å². The molecule has 0 saturated carbocycles. The minimum absolute atomic E-state index is 0.625. The van der Waals surface area contributed by atoms with E-state index in [0.29, 0.717) is 10.7 Å². The van der Waals surface area contributed by atoms with Gasteiger partial charge >= 0.3 is 0 Å². The fourth-order valence-electron chi connectivity index (χ4n) is 1.79. The largest absolute Gasteiger partial charge is 0.339 e. The van der Waals surface area contributed by atoms with Crippen LogP contribution in [0.15, 0.2) is 0 Å². The van der Waals surface area contributed by atoms with Crippen molar-refractivity contribution in [1.82, 2.24) is 20.2 Å². The van der Waals surface area contributed by atoms with Crippen LogP contribution in [0.5, 0.6) is 0 Å². The molecule has 2 atom stereocenters. The molecule has 14 heavy (non-hydrogen) atoms. The van der Waals surface area contributed by atoms with Gasteiger partial charge in [0.1, 0.15) is 0 Å². The summed E-state index contributed by atoms with van der Waals surface area (Å²) >= 11 is 3.68. The van der Waals surface area contributed by atoms with Crippen molar-refractivity contribution in [3.05, 3.63) is 0 Å². The molecule has 2 unspecified atom stereocenters. The lowest BCUT2D eigenvalue weighted by Crippen LogP contribution is -2.41. The number of nitrogens with zero attached hydrogens (tertiary/aromatic N) is 5. The SMILES string of the molecule is CC1CN(c2nnnn2C)CCC1Br. The summed E-state index contributed by atoms with van der Waals surface area (Å²) in [5.74, 6) is 1.51. The van der Waals surface area contributed by atoms with Crippen molar-refractivity contribution < 1.29 is 0 Å². The molecule has 2 heterocycles. The molecule has 1 aliphatic heterocycles. The smallest absolute Gasteiger partial charge is 0.245 e. The highest BCUT2D eigenvalue weighted by Gasteiger charge is 2.26. The number of rotatable bonds is 1. The number of hydrogen-bond donors (Lipinski definition) is 0. The van der Waals surface area contributed by atoms with Crippen molar-refractivity contribution in [2.24, 2.45) is 13.0 Å². The zero-order chi connectivity index (χ0) is 10.1. The van der Waals surface area contributed by atoms with Crippen molar-refractivity contribution in [2.75, 3.05) is 18.0 Å². The van der Waals surface area contributed by atoms with E-state index in [1.807, 2.05) is 7.05 Å². The number of piperidine rings is 1. The summed E-state index contributed by atoms with van der Waals surface area (Å²) < 4.78 is 1.72. The Morgan fingerprint density at radius 2 is 2.29 bits per heavy atom. The summed E-state index contributed by atoms with van der Waals surface area (Å²) in [7, 11) is 1.88. The van der Waals surface area contributed by atoms with E-state index in [4.69, 9.17) is 0 Å². The first kappa shape index (κ1) is 9.89. The standard InChI is InChI=1S/C8H14BrN5/c1-6-5-14(4-3-7(6)9)8-10-11-12-13(8)2/h6-7H,3-5H2,1-2H3. The predicted molar refractivity (Wildman–Crippen MR) is 57.5 cm³/mol. The molecule has 78 valence electrons. The highest BCUT2D eigenvalue weighted by Crippen LogP contribution is 2.25. The lowest BCUT2D eigenvalue weighted by molar-refractivity contribution is 0.456. The van der Waals surface area contributed by atoms with Crippen molar-refractivity contribution in [3.8, 4) is 0 Å². The summed E-state index contributed by atoms with van der Waals surface area (Å²) in [6, 6.07) is 0. The van der Waals surface area contributed by atoms with Gasteiger partial charge in [0.05, 0.1) is 0 Å². The molecule has 0 aromatic carbocycles. The van der Waals surface area contributed by atoms with Crippen molar-refractivity contribution in [1.29, 1.82) is 0 Å². The van der Waals surface area contributed by atoms with E-state index < -0.39 is 0 Å². The van der Waals surface area contributed by atoms with Gasteiger partial charge in [-0.3, -0.25) is 0 Å². The van der Waals surface area contributed by atoms with Crippen LogP contribution in [0.1, 0.15) is 13.3 Å². The molecule has 5 nitrogen and oxygen atoms in total. The first-order valence-corrected chi connectivity index (χ1v) is 5.71. The van der Waals surface area contributed by atoms with Gasteiger partial charge in [-0.05, 0) is 22.8 Å². The molecular weight excluding hydrogens is 246 g/mol. The molecule has 0 aliphatic carbocycles. The Bertz CT molecular complexity index is 312. The maximum Gasteiger partial charge on any atom is 0.245 e. The Labute approximate surface area is 91.6 Å². The molecule has 1 fully saturated rings. The summed E-state index contributed by atoms with van der Waals surface area (Å²) in [6.45, 7) is 4.29. The van der Waals surface area contributed by atoms with Gasteiger partial charge in [-0.15, -0.1) is 0 Å². The topological polar surface area (TPSA) is 46.8 Å². The van der Waals surface area contributed by atoms with Crippen molar-refractivity contribution in [3.63, 3.8) is 0 Å². The minimum Gasteiger partial charge on any atom is -0.339 e. The third-order valence-corrected chi connectivity index (χ3v) is 4.04. The fourth-order valence-corrected chi connectivity index (χ4v) is 2.16. The van der Waals surface area contributed by atoms with E-state index in [0.717, 1.165) is 25.5 Å². The molecule has 1 aromatic heterocycles. The van der Waals surface area contributed by atoms with Crippen LogP contribution in [0, 0.1) is 5.92 Å². The van der Waals surface area contributed by atoms with Gasteiger partial charge in [0.15, 0.2) is 0 Å². The maximum absolute atomic E-state index is 4.01. The zero-order valence-corrected chi connectivity index (χ0v) is 9.98. The van der Waals surface area contributed by atoms with Gasteiger partial charge in [0.25, 0.3) is 0 Å². The van der Waals surface area contributed by atoms with Crippen LogP contribution >= 0.6 is 15.9 Å². The lowest BCUT2D eigenvalue weighted by atomic mass is 10.0. The van der Waals surface area contributed by atoms with Crippen LogP contribution in [-0.4, -0.2) is 38.1 Å². The molecule has 2 rings (SSSR count). The number of tetrazole rings is 1. The van der Waals surface area contributed by atoms with Gasteiger partial charge in [0.2, 0.25) is 5.95 Å². The van der Waals surface area contributed by atoms with E-state index in [-0.39, 0.29) is 0 Å². The number of aromatic nitrogens is 4. The highest BCUT2D eigenvalue weighted by molar-refractivity contribution is 9.09. The molecule has 0 spiro atoms. The molecule has 0 N–H and O–H groups in total. The van der Waals surface area contributed by atoms with Gasteiger partial charge in [-0.1, -0.05) is 28.0 Å². The summed E-state index contributed by atoms with van der Waals surface area (Å²) in [6.07, 6.45) is 1.15. The fraction of sp³-hybridized carbons (Fsp3) is 0.875. The van der Waals surface area contributed by atoms with Gasteiger partial charge < -0.3 is 4.90 Å². The molecule has 0 amide bonds. The van der Waals surface area contributed by atoms with Crippen LogP contribution < -0.4 is 4.90 Å². The summed E-state index contributed by atoms with van der Waals surface area (Å²) in [5.41, 5.74) is 0. The Hall–Kier alpha value is -0.650. The molecule has 0 bridgehead atoms. The third-order valence-electron chi connectivity index (χ3n) is 2.68. The molecule has 1 aromatic rings. The highest BCUT2D eigenvalue weighted by atomic mass is 79.9. The maximum atomic E-state index is 4.01. The Morgan fingerprint density at radius 1 is 1.50 bits per heavy atom. The average molecular weight is 260 g/mol. The second-order valence-corrected chi connectivity index (χ2v) is 5.01. The van der Waals surface area contributed by atoms with Crippen LogP contribution in [0.25, 0.3) is 0 Å². The quantitative estimate of drug-likeness (QED) is 0.701. The second kappa shape index (κ2) is 3.84. The Morgan fingerprint density at radius 3 is 2.86 bits per heavy atom. The van der Waals surface area contributed by atoms with E-state index in [9.17, 15) is 0 Å². The monoisotopic (exact) mass is 259 g/mol. The predicted octanol–water partition coefficient (Wildman–Crippen LogP) is 0.820. The van der Waals surface area contributed by atoms with Crippen LogP contribution in [0.3, 0.4) is 0 Å². The van der Waals surface area contributed by atoms with E-state index in [1.165, 1.54) is 0 Å². The first-order chi connectivity index (χ1) is 6.68. The van der Waals surface area contributed by atoms with Gasteiger partial charge in [0, 0.05) is 25.0 Å². The van der Waals surface area contributed by atoms with Crippen LogP contribution in [0.4, 0.5) is 5.95 Å². The third kappa shape index (κ3) is 1.75. The molecule has 0 radical (unpaired) electrons. The van der Waals surface area contributed by atoms with Crippen molar-refractivity contribution >= 4 is 21.9 Å². The molecule has 6 heteroatoms. The first-order valence-electron chi connectivity index (χ1n) is 4.80. The van der Waals surface area contributed by atoms with E-state index in [1.54, 1.807) is 4.68 Å². The Balaban J connectivity index is 2.10. The number of halogens is 1. The number of anilines is 1. The van der Waals surface area contributed by atoms with Crippen LogP contribution in [-0.2, 0) is 7.05 Å². The Kier molecular flexibility index (Phi) is 2.71. The molecule has 1 saturated heterocycles.